The average Bonchev–Trinajstić information content (AvgIpc) is 3.06. The van der Waals surface area contributed by atoms with Crippen molar-refractivity contribution in [3.05, 3.63) is 58.5 Å². The van der Waals surface area contributed by atoms with Gasteiger partial charge in [0.1, 0.15) is 5.76 Å². The highest BCUT2D eigenvalue weighted by Crippen LogP contribution is 2.23. The lowest BCUT2D eigenvalue weighted by Gasteiger charge is -2.32. The Morgan fingerprint density at radius 2 is 2.11 bits per heavy atom. The topological polar surface area (TPSA) is 45.5 Å². The van der Waals surface area contributed by atoms with E-state index in [-0.39, 0.29) is 12.5 Å². The van der Waals surface area contributed by atoms with Crippen molar-refractivity contribution in [1.29, 1.82) is 0 Å². The number of hydrogen-bond acceptors (Lipinski definition) is 3. The molecule has 1 aromatic carbocycles. The van der Waals surface area contributed by atoms with E-state index >= 15 is 0 Å². The molecule has 3 rings (SSSR count). The molecule has 1 aliphatic rings. The van der Waals surface area contributed by atoms with E-state index < -0.39 is 11.6 Å². The van der Waals surface area contributed by atoms with Crippen LogP contribution in [0.5, 0.6) is 0 Å². The first-order valence-electron chi connectivity index (χ1n) is 9.17. The second kappa shape index (κ2) is 9.33. The SMILES string of the molecule is O=C(CC[C@@H]1CCCN(Cc2ccc(Cl)o2)C1)NCc1ccc(F)c(F)c1. The van der Waals surface area contributed by atoms with Crippen LogP contribution in [0.3, 0.4) is 0 Å². The first-order chi connectivity index (χ1) is 13.0. The average molecular weight is 397 g/mol. The van der Waals surface area contributed by atoms with E-state index in [1.165, 1.54) is 6.07 Å². The van der Waals surface area contributed by atoms with Gasteiger partial charge in [-0.2, -0.15) is 0 Å². The Kier molecular flexibility index (Phi) is 6.85. The Morgan fingerprint density at radius 1 is 1.26 bits per heavy atom. The van der Waals surface area contributed by atoms with Gasteiger partial charge in [-0.05, 0) is 73.2 Å². The number of piperidine rings is 1. The molecule has 2 aromatic rings. The van der Waals surface area contributed by atoms with Crippen LogP contribution < -0.4 is 5.32 Å². The fraction of sp³-hybridized carbons (Fsp3) is 0.450. The van der Waals surface area contributed by atoms with Crippen LogP contribution >= 0.6 is 11.6 Å². The molecule has 1 atom stereocenters. The highest BCUT2D eigenvalue weighted by Gasteiger charge is 2.21. The van der Waals surface area contributed by atoms with Crippen LogP contribution in [0.25, 0.3) is 0 Å². The molecule has 0 bridgehead atoms. The first kappa shape index (κ1) is 19.8. The Labute approximate surface area is 162 Å². The van der Waals surface area contributed by atoms with Crippen LogP contribution in [-0.2, 0) is 17.9 Å². The molecular weight excluding hydrogens is 374 g/mol. The third kappa shape index (κ3) is 6.04. The molecule has 1 saturated heterocycles. The predicted molar refractivity (Wildman–Crippen MR) is 99.2 cm³/mol. The van der Waals surface area contributed by atoms with E-state index in [4.69, 9.17) is 16.0 Å². The van der Waals surface area contributed by atoms with Crippen molar-refractivity contribution in [1.82, 2.24) is 10.2 Å². The lowest BCUT2D eigenvalue weighted by molar-refractivity contribution is -0.121. The maximum absolute atomic E-state index is 13.2. The Morgan fingerprint density at radius 3 is 2.85 bits per heavy atom. The summed E-state index contributed by atoms with van der Waals surface area (Å²) in [4.78, 5) is 14.4. The molecule has 1 aliphatic heterocycles. The highest BCUT2D eigenvalue weighted by molar-refractivity contribution is 6.28. The molecule has 2 heterocycles. The van der Waals surface area contributed by atoms with Gasteiger partial charge >= 0.3 is 0 Å². The number of furan rings is 1. The van der Waals surface area contributed by atoms with E-state index in [2.05, 4.69) is 10.2 Å². The fourth-order valence-electron chi connectivity index (χ4n) is 3.46. The predicted octanol–water partition coefficient (Wildman–Crippen LogP) is 4.52. The van der Waals surface area contributed by atoms with Gasteiger partial charge < -0.3 is 9.73 Å². The van der Waals surface area contributed by atoms with Gasteiger partial charge in [-0.25, -0.2) is 8.78 Å². The van der Waals surface area contributed by atoms with Gasteiger partial charge in [0.2, 0.25) is 5.91 Å². The van der Waals surface area contributed by atoms with E-state index in [1.807, 2.05) is 6.07 Å². The van der Waals surface area contributed by atoms with Crippen molar-refractivity contribution in [3.8, 4) is 0 Å². The lowest BCUT2D eigenvalue weighted by Crippen LogP contribution is -2.35. The molecule has 146 valence electrons. The number of amides is 1. The number of carbonyl (C=O) groups excluding carboxylic acids is 1. The van der Waals surface area contributed by atoms with Crippen molar-refractivity contribution in [2.45, 2.75) is 38.8 Å². The maximum Gasteiger partial charge on any atom is 0.220 e. The van der Waals surface area contributed by atoms with Crippen molar-refractivity contribution in [2.75, 3.05) is 13.1 Å². The van der Waals surface area contributed by atoms with Crippen molar-refractivity contribution < 1.29 is 18.0 Å². The molecule has 1 fully saturated rings. The molecule has 7 heteroatoms. The van der Waals surface area contributed by atoms with Crippen LogP contribution in [0.1, 0.15) is 37.0 Å². The number of carbonyl (C=O) groups is 1. The number of rotatable bonds is 7. The summed E-state index contributed by atoms with van der Waals surface area (Å²) in [6, 6.07) is 7.28. The number of likely N-dealkylation sites (tertiary alicyclic amines) is 1. The normalized spacial score (nSPS) is 17.8. The van der Waals surface area contributed by atoms with Crippen LogP contribution in [0.2, 0.25) is 5.22 Å². The molecule has 0 saturated carbocycles. The number of nitrogens with one attached hydrogen (secondary N) is 1. The second-order valence-electron chi connectivity index (χ2n) is 7.01. The zero-order valence-corrected chi connectivity index (χ0v) is 15.8. The van der Waals surface area contributed by atoms with E-state index in [0.717, 1.165) is 56.8 Å². The fourth-order valence-corrected chi connectivity index (χ4v) is 3.62. The number of benzene rings is 1. The molecule has 0 unspecified atom stereocenters. The summed E-state index contributed by atoms with van der Waals surface area (Å²) in [6.45, 7) is 2.86. The van der Waals surface area contributed by atoms with Gasteiger partial charge in [-0.15, -0.1) is 0 Å². The Hall–Kier alpha value is -1.92. The molecule has 0 spiro atoms. The number of nitrogens with zero attached hydrogens (tertiary/aromatic N) is 1. The Balaban J connectivity index is 1.39. The standard InChI is InChI=1S/C20H23ClF2N2O2/c21-19-7-5-16(27-19)13-25-9-1-2-14(12-25)4-8-20(26)24-11-15-3-6-17(22)18(23)10-15/h3,5-7,10,14H,1-2,4,8-9,11-13H2,(H,24,26)/t14-/m0/s1. The molecular formula is C20H23ClF2N2O2. The van der Waals surface area contributed by atoms with Crippen molar-refractivity contribution >= 4 is 17.5 Å². The third-order valence-electron chi connectivity index (χ3n) is 4.86. The van der Waals surface area contributed by atoms with Crippen LogP contribution in [0.15, 0.2) is 34.7 Å². The quantitative estimate of drug-likeness (QED) is 0.748. The minimum absolute atomic E-state index is 0.0744. The minimum Gasteiger partial charge on any atom is -0.448 e. The Bertz CT molecular complexity index is 781. The molecule has 1 aromatic heterocycles. The smallest absolute Gasteiger partial charge is 0.220 e. The molecule has 1 amide bonds. The monoisotopic (exact) mass is 396 g/mol. The second-order valence-corrected chi connectivity index (χ2v) is 7.39. The molecule has 27 heavy (non-hydrogen) atoms. The zero-order chi connectivity index (χ0) is 19.2. The summed E-state index contributed by atoms with van der Waals surface area (Å²) >= 11 is 5.81. The number of halogens is 3. The van der Waals surface area contributed by atoms with Crippen LogP contribution in [0, 0.1) is 17.6 Å². The summed E-state index contributed by atoms with van der Waals surface area (Å²) in [5.74, 6) is -0.552. The van der Waals surface area contributed by atoms with E-state index in [9.17, 15) is 13.6 Å². The molecule has 4 nitrogen and oxygen atoms in total. The summed E-state index contributed by atoms with van der Waals surface area (Å²) in [6.07, 6.45) is 3.43. The summed E-state index contributed by atoms with van der Waals surface area (Å²) in [7, 11) is 0. The van der Waals surface area contributed by atoms with Gasteiger partial charge in [0.25, 0.3) is 0 Å². The van der Waals surface area contributed by atoms with Crippen LogP contribution in [0.4, 0.5) is 8.78 Å². The lowest BCUT2D eigenvalue weighted by atomic mass is 9.93. The summed E-state index contributed by atoms with van der Waals surface area (Å²) in [5, 5.41) is 3.17. The molecule has 0 radical (unpaired) electrons. The number of hydrogen-bond donors (Lipinski definition) is 1. The summed E-state index contributed by atoms with van der Waals surface area (Å²) in [5.41, 5.74) is 0.545. The first-order valence-corrected chi connectivity index (χ1v) is 9.54. The highest BCUT2D eigenvalue weighted by atomic mass is 35.5. The van der Waals surface area contributed by atoms with Gasteiger partial charge in [0.15, 0.2) is 16.9 Å². The van der Waals surface area contributed by atoms with Gasteiger partial charge in [0, 0.05) is 19.5 Å². The molecule has 1 N–H and O–H groups in total. The van der Waals surface area contributed by atoms with Gasteiger partial charge in [-0.1, -0.05) is 6.07 Å². The maximum atomic E-state index is 13.2. The minimum atomic E-state index is -0.901. The van der Waals surface area contributed by atoms with Gasteiger partial charge in [-0.3, -0.25) is 9.69 Å². The van der Waals surface area contributed by atoms with Gasteiger partial charge in [0.05, 0.1) is 6.54 Å². The van der Waals surface area contributed by atoms with E-state index in [0.29, 0.717) is 23.1 Å². The molecule has 0 aliphatic carbocycles. The zero-order valence-electron chi connectivity index (χ0n) is 15.0. The van der Waals surface area contributed by atoms with Crippen LogP contribution in [-0.4, -0.2) is 23.9 Å². The van der Waals surface area contributed by atoms with E-state index in [1.54, 1.807) is 6.07 Å². The third-order valence-corrected chi connectivity index (χ3v) is 5.07. The largest absolute Gasteiger partial charge is 0.448 e. The summed E-state index contributed by atoms with van der Waals surface area (Å²) < 4.78 is 31.5. The van der Waals surface area contributed by atoms with Crippen molar-refractivity contribution in [2.24, 2.45) is 5.92 Å². The van der Waals surface area contributed by atoms with Crippen molar-refractivity contribution in [3.63, 3.8) is 0 Å².